The third kappa shape index (κ3) is 4.78. The van der Waals surface area contributed by atoms with E-state index in [1.54, 1.807) is 19.1 Å². The number of hydrogen-bond donors (Lipinski definition) is 0. The Morgan fingerprint density at radius 2 is 1.88 bits per heavy atom. The van der Waals surface area contributed by atoms with Crippen molar-refractivity contribution in [3.63, 3.8) is 0 Å². The smallest absolute Gasteiger partial charge is 0.269 e. The number of ether oxygens (including phenoxy) is 1. The first-order chi connectivity index (χ1) is 12.0. The van der Waals surface area contributed by atoms with E-state index in [1.807, 2.05) is 24.3 Å². The van der Waals surface area contributed by atoms with Crippen molar-refractivity contribution >= 4 is 17.3 Å². The van der Waals surface area contributed by atoms with E-state index in [0.717, 1.165) is 0 Å². The number of nitriles is 1. The molecule has 0 bridgehead atoms. The lowest BCUT2D eigenvalue weighted by atomic mass is 10.2. The lowest BCUT2D eigenvalue weighted by Crippen LogP contribution is -2.41. The topological polar surface area (TPSA) is 96.5 Å². The molecule has 2 rings (SSSR count). The van der Waals surface area contributed by atoms with Crippen LogP contribution in [0.1, 0.15) is 13.3 Å². The highest BCUT2D eigenvalue weighted by molar-refractivity contribution is 5.96. The summed E-state index contributed by atoms with van der Waals surface area (Å²) in [5.74, 6) is 0.0690. The maximum Gasteiger partial charge on any atom is 0.269 e. The molecule has 0 heterocycles. The van der Waals surface area contributed by atoms with Crippen LogP contribution in [-0.2, 0) is 4.79 Å². The van der Waals surface area contributed by atoms with Crippen molar-refractivity contribution in [2.45, 2.75) is 19.4 Å². The van der Waals surface area contributed by atoms with Crippen LogP contribution in [0.3, 0.4) is 0 Å². The van der Waals surface area contributed by atoms with E-state index in [0.29, 0.717) is 11.4 Å². The van der Waals surface area contributed by atoms with Crippen LogP contribution in [0.2, 0.25) is 0 Å². The van der Waals surface area contributed by atoms with Gasteiger partial charge in [-0.3, -0.25) is 14.9 Å². The molecular weight excluding hydrogens is 322 g/mol. The van der Waals surface area contributed by atoms with Crippen LogP contribution in [0.25, 0.3) is 0 Å². The molecule has 0 unspecified atom stereocenters. The highest BCUT2D eigenvalue weighted by Gasteiger charge is 2.23. The molecule has 0 spiro atoms. The molecule has 0 N–H and O–H groups in total. The minimum atomic E-state index is -0.805. The Bertz CT molecular complexity index is 769. The molecule has 0 radical (unpaired) electrons. The third-order valence-corrected chi connectivity index (χ3v) is 3.49. The number of amides is 1. The number of carbonyl (C=O) groups is 1. The van der Waals surface area contributed by atoms with E-state index in [2.05, 4.69) is 0 Å². The lowest BCUT2D eigenvalue weighted by molar-refractivity contribution is -0.384. The predicted molar refractivity (Wildman–Crippen MR) is 92.2 cm³/mol. The van der Waals surface area contributed by atoms with Crippen molar-refractivity contribution in [1.29, 1.82) is 5.26 Å². The van der Waals surface area contributed by atoms with Gasteiger partial charge in [0.15, 0.2) is 6.10 Å². The van der Waals surface area contributed by atoms with Crippen molar-refractivity contribution < 1.29 is 14.5 Å². The van der Waals surface area contributed by atoms with Gasteiger partial charge in [0.05, 0.1) is 17.4 Å². The lowest BCUT2D eigenvalue weighted by Gasteiger charge is -2.25. The van der Waals surface area contributed by atoms with Gasteiger partial charge < -0.3 is 9.64 Å². The van der Waals surface area contributed by atoms with Crippen LogP contribution in [0.4, 0.5) is 11.4 Å². The Kier molecular flexibility index (Phi) is 6.07. The molecule has 25 heavy (non-hydrogen) atoms. The standard InChI is InChI=1S/C18H17N3O4/c1-14(25-17-10-8-16(9-11-17)21(23)24)18(22)20(13-5-12-19)15-6-3-2-4-7-15/h2-4,6-11,14H,5,13H2,1H3/t14-/m0/s1. The maximum atomic E-state index is 12.7. The summed E-state index contributed by atoms with van der Waals surface area (Å²) >= 11 is 0. The molecule has 2 aromatic rings. The van der Waals surface area contributed by atoms with Gasteiger partial charge in [-0.1, -0.05) is 18.2 Å². The van der Waals surface area contributed by atoms with Crippen molar-refractivity contribution in [2.75, 3.05) is 11.4 Å². The molecule has 0 saturated carbocycles. The van der Waals surface area contributed by atoms with Crippen LogP contribution < -0.4 is 9.64 Å². The molecule has 7 nitrogen and oxygen atoms in total. The maximum absolute atomic E-state index is 12.7. The number of anilines is 1. The number of para-hydroxylation sites is 1. The molecule has 0 aromatic heterocycles. The fourth-order valence-corrected chi connectivity index (χ4v) is 2.26. The summed E-state index contributed by atoms with van der Waals surface area (Å²) in [7, 11) is 0. The van der Waals surface area contributed by atoms with Gasteiger partial charge in [-0.2, -0.15) is 5.26 Å². The summed E-state index contributed by atoms with van der Waals surface area (Å²) in [5.41, 5.74) is 0.633. The van der Waals surface area contributed by atoms with Crippen LogP contribution in [0.15, 0.2) is 54.6 Å². The second-order valence-corrected chi connectivity index (χ2v) is 5.24. The molecule has 1 amide bonds. The summed E-state index contributed by atoms with van der Waals surface area (Å²) in [6, 6.07) is 16.6. The van der Waals surface area contributed by atoms with Gasteiger partial charge in [-0.05, 0) is 31.2 Å². The van der Waals surface area contributed by atoms with Crippen LogP contribution >= 0.6 is 0 Å². The molecule has 0 saturated heterocycles. The van der Waals surface area contributed by atoms with Gasteiger partial charge in [0.2, 0.25) is 0 Å². The fraction of sp³-hybridized carbons (Fsp3) is 0.222. The minimum Gasteiger partial charge on any atom is -0.481 e. The predicted octanol–water partition coefficient (Wildman–Crippen LogP) is 3.31. The second kappa shape index (κ2) is 8.45. The van der Waals surface area contributed by atoms with E-state index in [1.165, 1.54) is 29.2 Å². The van der Waals surface area contributed by atoms with Gasteiger partial charge in [0.1, 0.15) is 5.75 Å². The van der Waals surface area contributed by atoms with Crippen molar-refractivity contribution in [3.8, 4) is 11.8 Å². The number of hydrogen-bond acceptors (Lipinski definition) is 5. The number of non-ortho nitro benzene ring substituents is 1. The molecule has 0 aliphatic carbocycles. The van der Waals surface area contributed by atoms with Crippen LogP contribution in [0, 0.1) is 21.4 Å². The molecule has 0 aliphatic rings. The van der Waals surface area contributed by atoms with E-state index >= 15 is 0 Å². The third-order valence-electron chi connectivity index (χ3n) is 3.49. The van der Waals surface area contributed by atoms with Gasteiger partial charge in [0.25, 0.3) is 11.6 Å². The highest BCUT2D eigenvalue weighted by Crippen LogP contribution is 2.20. The highest BCUT2D eigenvalue weighted by atomic mass is 16.6. The molecule has 128 valence electrons. The van der Waals surface area contributed by atoms with Crippen LogP contribution in [0.5, 0.6) is 5.75 Å². The Labute approximate surface area is 145 Å². The zero-order valence-electron chi connectivity index (χ0n) is 13.7. The first-order valence-corrected chi connectivity index (χ1v) is 7.67. The quantitative estimate of drug-likeness (QED) is 0.569. The number of carbonyl (C=O) groups excluding carboxylic acids is 1. The summed E-state index contributed by atoms with van der Waals surface area (Å²) in [6.07, 6.45) is -0.606. The van der Waals surface area contributed by atoms with E-state index in [-0.39, 0.29) is 24.6 Å². The number of nitro groups is 1. The molecule has 2 aromatic carbocycles. The van der Waals surface area contributed by atoms with Gasteiger partial charge in [0, 0.05) is 24.4 Å². The Hall–Kier alpha value is -3.40. The number of nitro benzene ring substituents is 1. The summed E-state index contributed by atoms with van der Waals surface area (Å²) in [6.45, 7) is 1.86. The average molecular weight is 339 g/mol. The first-order valence-electron chi connectivity index (χ1n) is 7.67. The molecule has 7 heteroatoms. The van der Waals surface area contributed by atoms with Crippen molar-refractivity contribution in [1.82, 2.24) is 0 Å². The van der Waals surface area contributed by atoms with Crippen molar-refractivity contribution in [2.24, 2.45) is 0 Å². The Morgan fingerprint density at radius 3 is 2.44 bits per heavy atom. The number of benzene rings is 2. The molecule has 0 fully saturated rings. The molecule has 1 atom stereocenters. The average Bonchev–Trinajstić information content (AvgIpc) is 2.63. The normalized spacial score (nSPS) is 11.2. The zero-order valence-corrected chi connectivity index (χ0v) is 13.7. The summed E-state index contributed by atoms with van der Waals surface area (Å²) in [4.78, 5) is 24.4. The van der Waals surface area contributed by atoms with E-state index < -0.39 is 11.0 Å². The summed E-state index contributed by atoms with van der Waals surface area (Å²) < 4.78 is 5.60. The largest absolute Gasteiger partial charge is 0.481 e. The van der Waals surface area contributed by atoms with Gasteiger partial charge in [-0.25, -0.2) is 0 Å². The second-order valence-electron chi connectivity index (χ2n) is 5.24. The SMILES string of the molecule is C[C@H](Oc1ccc([N+](=O)[O-])cc1)C(=O)N(CCC#N)c1ccccc1. The monoisotopic (exact) mass is 339 g/mol. The Balaban J connectivity index is 2.12. The van der Waals surface area contributed by atoms with Crippen LogP contribution in [-0.4, -0.2) is 23.5 Å². The first kappa shape index (κ1) is 17.9. The zero-order chi connectivity index (χ0) is 18.2. The molecular formula is C18H17N3O4. The van der Waals surface area contributed by atoms with E-state index in [4.69, 9.17) is 10.00 Å². The molecule has 0 aliphatic heterocycles. The number of nitrogens with zero attached hydrogens (tertiary/aromatic N) is 3. The Morgan fingerprint density at radius 1 is 1.24 bits per heavy atom. The van der Waals surface area contributed by atoms with Gasteiger partial charge >= 0.3 is 0 Å². The summed E-state index contributed by atoms with van der Waals surface area (Å²) in [5, 5.41) is 19.5. The van der Waals surface area contributed by atoms with Gasteiger partial charge in [-0.15, -0.1) is 0 Å². The minimum absolute atomic E-state index is 0.0498. The fourth-order valence-electron chi connectivity index (χ4n) is 2.26. The van der Waals surface area contributed by atoms with Crippen molar-refractivity contribution in [3.05, 3.63) is 64.7 Å². The van der Waals surface area contributed by atoms with E-state index in [9.17, 15) is 14.9 Å². The number of rotatable bonds is 7.